The Labute approximate surface area is 111 Å². The number of hydrogen-bond donors (Lipinski definition) is 0. The molecule has 0 bridgehead atoms. The maximum Gasteiger partial charge on any atom is 0.207 e. The van der Waals surface area contributed by atoms with Gasteiger partial charge in [0.1, 0.15) is 12.7 Å². The molecule has 1 heterocycles. The molecule has 2 aliphatic rings. The van der Waals surface area contributed by atoms with Gasteiger partial charge in [-0.2, -0.15) is 0 Å². The fourth-order valence-electron chi connectivity index (χ4n) is 3.73. The lowest BCUT2D eigenvalue weighted by Crippen LogP contribution is -2.71. The molecule has 2 rings (SSSR count). The molecule has 0 radical (unpaired) electrons. The molecule has 1 aliphatic carbocycles. The minimum absolute atomic E-state index is 0.0700. The van der Waals surface area contributed by atoms with Crippen molar-refractivity contribution in [1.82, 2.24) is 0 Å². The van der Waals surface area contributed by atoms with Crippen molar-refractivity contribution in [2.75, 3.05) is 13.7 Å². The highest BCUT2D eigenvalue weighted by Gasteiger charge is 2.57. The van der Waals surface area contributed by atoms with Crippen LogP contribution in [-0.2, 0) is 4.74 Å². The van der Waals surface area contributed by atoms with Crippen LogP contribution in [0.3, 0.4) is 0 Å². The second-order valence-electron chi connectivity index (χ2n) is 6.56. The van der Waals surface area contributed by atoms with Gasteiger partial charge in [0.15, 0.2) is 0 Å². The van der Waals surface area contributed by atoms with Crippen molar-refractivity contribution >= 4 is 6.21 Å². The van der Waals surface area contributed by atoms with Crippen LogP contribution in [0.5, 0.6) is 0 Å². The van der Waals surface area contributed by atoms with E-state index in [0.717, 1.165) is 23.9 Å². The van der Waals surface area contributed by atoms with Gasteiger partial charge in [-0.15, -0.1) is 0 Å². The third-order valence-electron chi connectivity index (χ3n) is 4.82. The summed E-state index contributed by atoms with van der Waals surface area (Å²) < 4.78 is 6.98. The maximum absolute atomic E-state index is 6.11. The number of aliphatic imine (C=N–C) groups is 1. The Hall–Kier alpha value is -0.670. The van der Waals surface area contributed by atoms with Crippen molar-refractivity contribution in [3.8, 4) is 0 Å². The van der Waals surface area contributed by atoms with E-state index in [1.165, 1.54) is 19.3 Å². The van der Waals surface area contributed by atoms with E-state index >= 15 is 0 Å². The highest BCUT2D eigenvalue weighted by Crippen LogP contribution is 2.45. The van der Waals surface area contributed by atoms with Crippen molar-refractivity contribution in [3.05, 3.63) is 12.4 Å². The predicted octanol–water partition coefficient (Wildman–Crippen LogP) is 3.46. The van der Waals surface area contributed by atoms with E-state index in [1.54, 1.807) is 0 Å². The molecule has 0 saturated heterocycles. The Morgan fingerprint density at radius 3 is 2.28 bits per heavy atom. The van der Waals surface area contributed by atoms with Crippen LogP contribution in [0.4, 0.5) is 0 Å². The molecule has 18 heavy (non-hydrogen) atoms. The van der Waals surface area contributed by atoms with Crippen LogP contribution in [0.1, 0.15) is 52.9 Å². The summed E-state index contributed by atoms with van der Waals surface area (Å²) in [6, 6.07) is 0. The number of methoxy groups -OCH3 is 1. The molecule has 3 nitrogen and oxygen atoms in total. The van der Waals surface area contributed by atoms with E-state index in [9.17, 15) is 0 Å². The molecule has 102 valence electrons. The monoisotopic (exact) mass is 251 g/mol. The third-order valence-corrected chi connectivity index (χ3v) is 4.82. The summed E-state index contributed by atoms with van der Waals surface area (Å²) in [5.74, 6) is 0. The van der Waals surface area contributed by atoms with Gasteiger partial charge in [-0.25, -0.2) is 0 Å². The topological polar surface area (TPSA) is 21.6 Å². The van der Waals surface area contributed by atoms with E-state index in [1.807, 2.05) is 19.5 Å². The van der Waals surface area contributed by atoms with E-state index in [2.05, 4.69) is 32.0 Å². The smallest absolute Gasteiger partial charge is 0.207 e. The van der Waals surface area contributed by atoms with Gasteiger partial charge in [0.2, 0.25) is 5.72 Å². The Kier molecular flexibility index (Phi) is 3.65. The number of ether oxygens (including phenoxy) is 1. The van der Waals surface area contributed by atoms with Gasteiger partial charge in [-0.05, 0) is 33.6 Å². The zero-order valence-corrected chi connectivity index (χ0v) is 12.3. The molecule has 3 heteroatoms. The number of quaternary nitrogens is 1. The Balaban J connectivity index is 2.45. The third kappa shape index (κ3) is 1.94. The molecule has 0 amide bonds. The number of nitrogens with zero attached hydrogens (tertiary/aromatic N) is 2. The van der Waals surface area contributed by atoms with Crippen LogP contribution in [0.15, 0.2) is 17.4 Å². The summed E-state index contributed by atoms with van der Waals surface area (Å²) in [6.07, 6.45) is 12.4. The predicted molar refractivity (Wildman–Crippen MR) is 75.3 cm³/mol. The van der Waals surface area contributed by atoms with Crippen molar-refractivity contribution in [2.45, 2.75) is 64.1 Å². The van der Waals surface area contributed by atoms with Crippen LogP contribution in [0.2, 0.25) is 0 Å². The second-order valence-corrected chi connectivity index (χ2v) is 6.56. The van der Waals surface area contributed by atoms with Crippen molar-refractivity contribution in [1.29, 1.82) is 0 Å². The SMILES string of the molecule is COC1([N+]2(C(C)(C)C)C=CN=CC2)CCCCC1. The molecule has 1 fully saturated rings. The van der Waals surface area contributed by atoms with Gasteiger partial charge < -0.3 is 4.74 Å². The lowest BCUT2D eigenvalue weighted by atomic mass is 9.83. The highest BCUT2D eigenvalue weighted by atomic mass is 16.5. The van der Waals surface area contributed by atoms with Crippen molar-refractivity contribution < 1.29 is 9.22 Å². The molecule has 0 spiro atoms. The summed E-state index contributed by atoms with van der Waals surface area (Å²) in [5.41, 5.74) is 0.0513. The van der Waals surface area contributed by atoms with Gasteiger partial charge in [-0.3, -0.25) is 9.48 Å². The Morgan fingerprint density at radius 2 is 1.83 bits per heavy atom. The lowest BCUT2D eigenvalue weighted by Gasteiger charge is -2.57. The molecule has 0 N–H and O–H groups in total. The fourth-order valence-corrected chi connectivity index (χ4v) is 3.73. The Bertz CT molecular complexity index is 348. The first kappa shape index (κ1) is 13.8. The zero-order valence-electron chi connectivity index (χ0n) is 12.3. The van der Waals surface area contributed by atoms with Crippen molar-refractivity contribution in [2.24, 2.45) is 4.99 Å². The minimum atomic E-state index is -0.0700. The quantitative estimate of drug-likeness (QED) is 0.689. The average Bonchev–Trinajstić information content (AvgIpc) is 2.39. The molecule has 1 saturated carbocycles. The average molecular weight is 251 g/mol. The summed E-state index contributed by atoms with van der Waals surface area (Å²) >= 11 is 0. The van der Waals surface area contributed by atoms with Crippen LogP contribution in [-0.4, -0.2) is 35.6 Å². The van der Waals surface area contributed by atoms with Crippen LogP contribution in [0, 0.1) is 0 Å². The molecule has 1 aliphatic heterocycles. The number of rotatable bonds is 2. The highest BCUT2D eigenvalue weighted by molar-refractivity contribution is 5.60. The van der Waals surface area contributed by atoms with Gasteiger partial charge in [0.25, 0.3) is 0 Å². The van der Waals surface area contributed by atoms with Gasteiger partial charge in [0, 0.05) is 20.0 Å². The molecule has 1 atom stereocenters. The first-order chi connectivity index (χ1) is 8.47. The lowest BCUT2D eigenvalue weighted by molar-refractivity contribution is -0.990. The van der Waals surface area contributed by atoms with E-state index < -0.39 is 0 Å². The van der Waals surface area contributed by atoms with E-state index in [0.29, 0.717) is 0 Å². The first-order valence-corrected chi connectivity index (χ1v) is 7.10. The van der Waals surface area contributed by atoms with Crippen LogP contribution >= 0.6 is 0 Å². The second kappa shape index (κ2) is 4.78. The summed E-state index contributed by atoms with van der Waals surface area (Å²) in [5, 5.41) is 0. The largest absolute Gasteiger partial charge is 0.330 e. The molecule has 0 aromatic heterocycles. The summed E-state index contributed by atoms with van der Waals surface area (Å²) in [6.45, 7) is 7.87. The molecular formula is C15H27N2O+. The molecule has 1 unspecified atom stereocenters. The van der Waals surface area contributed by atoms with Crippen LogP contribution in [0.25, 0.3) is 0 Å². The van der Waals surface area contributed by atoms with Gasteiger partial charge in [-0.1, -0.05) is 6.42 Å². The van der Waals surface area contributed by atoms with Gasteiger partial charge in [0.05, 0.1) is 18.0 Å². The molecule has 0 aromatic rings. The summed E-state index contributed by atoms with van der Waals surface area (Å²) in [4.78, 5) is 4.27. The van der Waals surface area contributed by atoms with E-state index in [-0.39, 0.29) is 11.3 Å². The van der Waals surface area contributed by atoms with Crippen LogP contribution < -0.4 is 0 Å². The normalized spacial score (nSPS) is 31.6. The Morgan fingerprint density at radius 1 is 1.17 bits per heavy atom. The molecular weight excluding hydrogens is 224 g/mol. The first-order valence-electron chi connectivity index (χ1n) is 7.10. The van der Waals surface area contributed by atoms with Gasteiger partial charge >= 0.3 is 0 Å². The maximum atomic E-state index is 6.11. The standard InChI is InChI=1S/C15H27N2O/c1-14(2,3)17(12-10-16-11-13-17)15(18-4)8-6-5-7-9-15/h10-12H,5-9,13H2,1-4H3/q+1. The minimum Gasteiger partial charge on any atom is -0.330 e. The fraction of sp³-hybridized carbons (Fsp3) is 0.800. The zero-order chi connectivity index (χ0) is 13.3. The number of hydrogen-bond acceptors (Lipinski definition) is 2. The van der Waals surface area contributed by atoms with E-state index in [4.69, 9.17) is 4.74 Å². The summed E-state index contributed by atoms with van der Waals surface area (Å²) in [7, 11) is 1.89. The van der Waals surface area contributed by atoms with Crippen molar-refractivity contribution in [3.63, 3.8) is 0 Å². The molecule has 0 aromatic carbocycles.